The van der Waals surface area contributed by atoms with Gasteiger partial charge in [0.05, 0.1) is 14.5 Å². The summed E-state index contributed by atoms with van der Waals surface area (Å²) >= 11 is 16.4. The van der Waals surface area contributed by atoms with Crippen molar-refractivity contribution < 1.29 is 4.79 Å². The van der Waals surface area contributed by atoms with Crippen LogP contribution >= 0.6 is 39.1 Å². The molecule has 222 valence electrons. The van der Waals surface area contributed by atoms with Gasteiger partial charge in [0.15, 0.2) is 8.24 Å². The van der Waals surface area contributed by atoms with Crippen molar-refractivity contribution in [3.05, 3.63) is 81.3 Å². The van der Waals surface area contributed by atoms with Crippen molar-refractivity contribution in [2.45, 2.75) is 58.2 Å². The van der Waals surface area contributed by atoms with Gasteiger partial charge in [0.2, 0.25) is 0 Å². The summed E-state index contributed by atoms with van der Waals surface area (Å²) in [6.07, 6.45) is 7.56. The second kappa shape index (κ2) is 12.9. The van der Waals surface area contributed by atoms with Crippen molar-refractivity contribution in [2.24, 2.45) is 0 Å². The fourth-order valence-electron chi connectivity index (χ4n) is 6.43. The highest BCUT2D eigenvalue weighted by atomic mass is 79.9. The van der Waals surface area contributed by atoms with Crippen LogP contribution in [0.3, 0.4) is 0 Å². The molecule has 5 aromatic rings. The number of H-pyrrole nitrogens is 1. The van der Waals surface area contributed by atoms with Gasteiger partial charge in [-0.25, -0.2) is 9.97 Å². The Morgan fingerprint density at radius 3 is 2.21 bits per heavy atom. The number of halogens is 3. The molecule has 0 saturated heterocycles. The number of fused-ring (bicyclic) bond motifs is 2. The monoisotopic (exact) mass is 685 g/mol. The molecule has 0 radical (unpaired) electrons. The number of amides is 1. The molecule has 1 aromatic carbocycles. The zero-order valence-corrected chi connectivity index (χ0v) is 29.4. The molecule has 0 aliphatic carbocycles. The van der Waals surface area contributed by atoms with E-state index in [1.165, 1.54) is 0 Å². The first-order valence-electron chi connectivity index (χ1n) is 14.1. The van der Waals surface area contributed by atoms with Gasteiger partial charge in [0, 0.05) is 54.6 Å². The van der Waals surface area contributed by atoms with Gasteiger partial charge in [-0.1, -0.05) is 76.9 Å². The van der Waals surface area contributed by atoms with Gasteiger partial charge < -0.3 is 14.1 Å². The SMILES string of the molecule is CC(C)[Si](C(C)C)(C(C)C)n1ccc2c(Cl)c(Br)cnc21.CN(C)C(=O)c1cccc(-c2cnc3[nH]ccc3c2Cl)c1. The molecule has 4 aromatic heterocycles. The number of nitrogens with zero attached hydrogens (tertiary/aromatic N) is 4. The number of aromatic nitrogens is 4. The topological polar surface area (TPSA) is 66.8 Å². The molecule has 0 unspecified atom stereocenters. The van der Waals surface area contributed by atoms with Gasteiger partial charge >= 0.3 is 0 Å². The molecule has 42 heavy (non-hydrogen) atoms. The molecular formula is C32H38BrCl2N5OSi. The summed E-state index contributed by atoms with van der Waals surface area (Å²) in [6.45, 7) is 14.2. The van der Waals surface area contributed by atoms with Crippen LogP contribution in [0.25, 0.3) is 33.2 Å². The predicted molar refractivity (Wildman–Crippen MR) is 183 cm³/mol. The number of carbonyl (C=O) groups is 1. The number of pyridine rings is 2. The van der Waals surface area contributed by atoms with Gasteiger partial charge in [-0.15, -0.1) is 0 Å². The first-order chi connectivity index (χ1) is 19.8. The summed E-state index contributed by atoms with van der Waals surface area (Å²) in [5.41, 5.74) is 6.02. The van der Waals surface area contributed by atoms with E-state index < -0.39 is 8.24 Å². The third-order valence-corrected chi connectivity index (χ3v) is 16.5. The molecule has 0 bridgehead atoms. The van der Waals surface area contributed by atoms with E-state index >= 15 is 0 Å². The number of benzene rings is 1. The summed E-state index contributed by atoms with van der Waals surface area (Å²) in [5.74, 6) is -0.0383. The fourth-order valence-corrected chi connectivity index (χ4v) is 13.8. The van der Waals surface area contributed by atoms with Crippen molar-refractivity contribution in [3.8, 4) is 11.1 Å². The van der Waals surface area contributed by atoms with Gasteiger partial charge in [0.1, 0.15) is 11.3 Å². The van der Waals surface area contributed by atoms with Crippen molar-refractivity contribution in [2.75, 3.05) is 14.1 Å². The van der Waals surface area contributed by atoms with E-state index in [0.29, 0.717) is 27.2 Å². The quantitative estimate of drug-likeness (QED) is 0.181. The zero-order valence-electron chi connectivity index (χ0n) is 25.3. The molecule has 0 fully saturated rings. The van der Waals surface area contributed by atoms with Crippen LogP contribution in [-0.4, -0.2) is 52.3 Å². The average Bonchev–Trinajstić information content (AvgIpc) is 3.59. The molecule has 6 nitrogen and oxygen atoms in total. The Kier molecular flexibility index (Phi) is 9.92. The summed E-state index contributed by atoms with van der Waals surface area (Å²) in [6, 6.07) is 11.4. The van der Waals surface area contributed by atoms with Crippen LogP contribution in [0, 0.1) is 0 Å². The maximum Gasteiger partial charge on any atom is 0.253 e. The molecule has 10 heteroatoms. The lowest BCUT2D eigenvalue weighted by Crippen LogP contribution is -2.51. The average molecular weight is 688 g/mol. The van der Waals surface area contributed by atoms with Gasteiger partial charge in [-0.3, -0.25) is 4.79 Å². The van der Waals surface area contributed by atoms with Gasteiger partial charge in [-0.05, 0) is 68.6 Å². The van der Waals surface area contributed by atoms with Crippen molar-refractivity contribution in [3.63, 3.8) is 0 Å². The number of rotatable bonds is 6. The first kappa shape index (κ1) is 32.3. The Bertz CT molecular complexity index is 1710. The number of aromatic amines is 1. The maximum atomic E-state index is 12.1. The van der Waals surface area contributed by atoms with E-state index in [1.54, 1.807) is 37.5 Å². The minimum atomic E-state index is -1.78. The van der Waals surface area contributed by atoms with E-state index in [9.17, 15) is 4.79 Å². The molecule has 0 saturated carbocycles. The lowest BCUT2D eigenvalue weighted by Gasteiger charge is -2.44. The molecule has 1 N–H and O–H groups in total. The molecule has 4 heterocycles. The highest BCUT2D eigenvalue weighted by Gasteiger charge is 2.46. The highest BCUT2D eigenvalue weighted by molar-refractivity contribution is 9.10. The van der Waals surface area contributed by atoms with Crippen LogP contribution in [0.15, 0.2) is 65.7 Å². The highest BCUT2D eigenvalue weighted by Crippen LogP contribution is 2.45. The Hall–Kier alpha value is -2.65. The van der Waals surface area contributed by atoms with Crippen LogP contribution in [0.1, 0.15) is 51.9 Å². The number of nitrogens with one attached hydrogen (secondary N) is 1. The standard InChI is InChI=1S/C16H24BrClN2Si.C16H14ClN3O/c1-10(2)21(11(3)4,12(5)6)20-8-7-13-15(18)14(17)9-19-16(13)20;1-20(2)16(21)11-5-3-4-10(8-11)13-9-19-15-12(14(13)17)6-7-18-15/h7-12H,1-6H3;3-9H,1-2H3,(H,18,19). The van der Waals surface area contributed by atoms with Crippen LogP contribution in [0.4, 0.5) is 0 Å². The lowest BCUT2D eigenvalue weighted by molar-refractivity contribution is 0.0827. The largest absolute Gasteiger partial charge is 0.359 e. The minimum absolute atomic E-state index is 0.0383. The summed E-state index contributed by atoms with van der Waals surface area (Å²) < 4.78 is 3.35. The second-order valence-corrected chi connectivity index (χ2v) is 19.0. The fraction of sp³-hybridized carbons (Fsp3) is 0.344. The number of hydrogen-bond acceptors (Lipinski definition) is 3. The Balaban J connectivity index is 0.000000193. The molecule has 0 aliphatic rings. The number of carbonyl (C=O) groups excluding carboxylic acids is 1. The molecular weight excluding hydrogens is 649 g/mol. The summed E-state index contributed by atoms with van der Waals surface area (Å²) in [5, 5.41) is 3.32. The molecule has 1 amide bonds. The van der Waals surface area contributed by atoms with E-state index in [0.717, 1.165) is 42.7 Å². The Morgan fingerprint density at radius 2 is 1.60 bits per heavy atom. The predicted octanol–water partition coefficient (Wildman–Crippen LogP) is 10.1. The van der Waals surface area contributed by atoms with E-state index in [-0.39, 0.29) is 5.91 Å². The van der Waals surface area contributed by atoms with Crippen molar-refractivity contribution in [1.82, 2.24) is 24.1 Å². The summed E-state index contributed by atoms with van der Waals surface area (Å²) in [7, 11) is 1.69. The van der Waals surface area contributed by atoms with Crippen LogP contribution < -0.4 is 0 Å². The van der Waals surface area contributed by atoms with Crippen molar-refractivity contribution >= 4 is 75.3 Å². The third kappa shape index (κ3) is 5.79. The lowest BCUT2D eigenvalue weighted by atomic mass is 10.0. The molecule has 0 atom stereocenters. The maximum absolute atomic E-state index is 12.1. The smallest absolute Gasteiger partial charge is 0.253 e. The van der Waals surface area contributed by atoms with Crippen LogP contribution in [0.2, 0.25) is 26.7 Å². The molecule has 0 spiro atoms. The third-order valence-electron chi connectivity index (χ3n) is 8.15. The zero-order chi connectivity index (χ0) is 30.9. The van der Waals surface area contributed by atoms with E-state index in [2.05, 4.69) is 88.9 Å². The van der Waals surface area contributed by atoms with Crippen molar-refractivity contribution in [1.29, 1.82) is 0 Å². The van der Waals surface area contributed by atoms with Crippen LogP contribution in [-0.2, 0) is 0 Å². The van der Waals surface area contributed by atoms with E-state index in [4.69, 9.17) is 23.2 Å². The Labute approximate surface area is 267 Å². The van der Waals surface area contributed by atoms with E-state index in [1.807, 2.05) is 30.5 Å². The van der Waals surface area contributed by atoms with Crippen LogP contribution in [0.5, 0.6) is 0 Å². The second-order valence-electron chi connectivity index (χ2n) is 11.7. The normalized spacial score (nSPS) is 12.0. The molecule has 0 aliphatic heterocycles. The molecule has 5 rings (SSSR count). The summed E-state index contributed by atoms with van der Waals surface area (Å²) in [4.78, 5) is 25.7. The van der Waals surface area contributed by atoms with Gasteiger partial charge in [0.25, 0.3) is 5.91 Å². The minimum Gasteiger partial charge on any atom is -0.359 e. The first-order valence-corrected chi connectivity index (χ1v) is 17.8. The van der Waals surface area contributed by atoms with Gasteiger partial charge in [-0.2, -0.15) is 0 Å². The number of hydrogen-bond donors (Lipinski definition) is 1. The Morgan fingerprint density at radius 1 is 0.929 bits per heavy atom.